The third-order valence-electron chi connectivity index (χ3n) is 13.1. The first-order valence-electron chi connectivity index (χ1n) is 22.4. The van der Waals surface area contributed by atoms with Gasteiger partial charge in [0.1, 0.15) is 25.2 Å². The Hall–Kier alpha value is -7.10. The van der Waals surface area contributed by atoms with Gasteiger partial charge in [0.2, 0.25) is 35.4 Å². The molecule has 0 unspecified atom stereocenters. The molecule has 8 rings (SSSR count). The van der Waals surface area contributed by atoms with Crippen molar-refractivity contribution in [1.82, 2.24) is 47.0 Å². The van der Waals surface area contributed by atoms with Crippen molar-refractivity contribution in [3.05, 3.63) is 97.6 Å². The zero-order chi connectivity index (χ0) is 48.5. The van der Waals surface area contributed by atoms with Crippen molar-refractivity contribution < 1.29 is 52.5 Å². The number of carbonyl (C=O) groups is 7. The van der Waals surface area contributed by atoms with Crippen LogP contribution in [0.15, 0.2) is 47.3 Å². The van der Waals surface area contributed by atoms with Gasteiger partial charge in [0.15, 0.2) is 5.60 Å². The Kier molecular flexibility index (Phi) is 13.4. The number of amides is 6. The van der Waals surface area contributed by atoms with Crippen LogP contribution in [-0.2, 0) is 74.6 Å². The maximum atomic E-state index is 15.4. The van der Waals surface area contributed by atoms with Crippen molar-refractivity contribution in [1.29, 1.82) is 0 Å². The monoisotopic (exact) mass is 937 g/mol. The van der Waals surface area contributed by atoms with Crippen LogP contribution in [0.1, 0.15) is 84.5 Å². The highest BCUT2D eigenvalue weighted by molar-refractivity contribution is 5.95. The summed E-state index contributed by atoms with van der Waals surface area (Å²) in [5.74, 6) is -4.46. The molecule has 68 heavy (non-hydrogen) atoms. The number of rotatable bonds is 18. The van der Waals surface area contributed by atoms with Gasteiger partial charge in [-0.05, 0) is 67.3 Å². The Balaban J connectivity index is 0.892. The number of nitrogens with one attached hydrogen (secondary N) is 7. The molecule has 0 radical (unpaired) electrons. The number of hydrazine groups is 1. The molecule has 2 aliphatic heterocycles. The Morgan fingerprint density at radius 3 is 2.43 bits per heavy atom. The number of hydrogen-bond donors (Lipinski definition) is 8. The molecule has 0 bridgehead atoms. The summed E-state index contributed by atoms with van der Waals surface area (Å²) in [5.41, 5.74) is 6.05. The fraction of sp³-hybridized carbons (Fsp3) is 0.426. The third kappa shape index (κ3) is 9.40. The number of fused-ring (bicyclic) bond motifs is 5. The highest BCUT2D eigenvalue weighted by Crippen LogP contribution is 2.49. The molecule has 4 aromatic rings. The molecule has 4 aliphatic rings. The smallest absolute Gasteiger partial charge is 0.343 e. The zero-order valence-electron chi connectivity index (χ0n) is 37.7. The number of aromatic nitrogens is 2. The van der Waals surface area contributed by atoms with Crippen LogP contribution < -0.4 is 43.0 Å². The van der Waals surface area contributed by atoms with Crippen molar-refractivity contribution in [2.45, 2.75) is 90.1 Å². The molecule has 358 valence electrons. The molecule has 2 aromatic heterocycles. The van der Waals surface area contributed by atoms with E-state index in [4.69, 9.17) is 14.5 Å². The summed E-state index contributed by atoms with van der Waals surface area (Å²) in [6.45, 7) is 2.87. The number of carbonyl (C=O) groups excluding carboxylic acids is 7. The van der Waals surface area contributed by atoms with Crippen LogP contribution in [0.25, 0.3) is 22.3 Å². The Morgan fingerprint density at radius 2 is 1.71 bits per heavy atom. The van der Waals surface area contributed by atoms with E-state index in [1.165, 1.54) is 17.6 Å². The molecule has 21 heteroatoms. The van der Waals surface area contributed by atoms with Crippen LogP contribution >= 0.6 is 0 Å². The lowest BCUT2D eigenvalue weighted by molar-refractivity contribution is -0.172. The van der Waals surface area contributed by atoms with Crippen LogP contribution in [0.5, 0.6) is 0 Å². The number of aryl methyl sites for hydroxylation is 1. The second kappa shape index (κ2) is 19.2. The van der Waals surface area contributed by atoms with Crippen LogP contribution in [0.4, 0.5) is 4.39 Å². The maximum absolute atomic E-state index is 15.4. The predicted octanol–water partition coefficient (Wildman–Crippen LogP) is 0.102. The van der Waals surface area contributed by atoms with E-state index in [0.29, 0.717) is 59.1 Å². The number of benzene rings is 2. The summed E-state index contributed by atoms with van der Waals surface area (Å²) >= 11 is 0. The summed E-state index contributed by atoms with van der Waals surface area (Å²) < 4.78 is 28.0. The number of ether oxygens (including phenoxy) is 2. The lowest BCUT2D eigenvalue weighted by Gasteiger charge is -2.31. The Bertz CT molecular complexity index is 2810. The standard InChI is InChI=1S/C47H52FN9O11/c1-4-47(66)30-15-35-41-28(20-57(35)43(63)29(30)21-68-45(47)65)40-32(11-10-27-24(2)31(48)16-33(54-41)39(27)40)55-44(64)46(12-13-46)22-67-23-51-36(59)17-50-42(62)34(14-26-8-6-5-7-9-26)53-38(61)18-49-37(60)19-52-56-25(3)58/h5-9,15-16,32,34,52,66H,4,10-14,17-23H2,1-3H3,(H,49,60)(H,50,62)(H,51,59)(H,53,61)(H,55,64)(H,56,58)/t32-,34-,47-/m0/s1. The van der Waals surface area contributed by atoms with Crippen molar-refractivity contribution in [3.8, 4) is 11.4 Å². The third-order valence-corrected chi connectivity index (χ3v) is 13.1. The predicted molar refractivity (Wildman–Crippen MR) is 239 cm³/mol. The molecular weight excluding hydrogens is 886 g/mol. The van der Waals surface area contributed by atoms with E-state index in [9.17, 15) is 43.5 Å². The topological polar surface area (TPSA) is 277 Å². The number of cyclic esters (lactones) is 1. The van der Waals surface area contributed by atoms with Crippen molar-refractivity contribution in [3.63, 3.8) is 0 Å². The molecule has 1 fully saturated rings. The molecule has 0 spiro atoms. The number of hydrogen-bond acceptors (Lipinski definition) is 13. The fourth-order valence-corrected chi connectivity index (χ4v) is 9.12. The molecule has 8 N–H and O–H groups in total. The minimum Gasteiger partial charge on any atom is -0.458 e. The summed E-state index contributed by atoms with van der Waals surface area (Å²) in [7, 11) is 0. The first-order valence-corrected chi connectivity index (χ1v) is 22.4. The minimum absolute atomic E-state index is 0.0263. The van der Waals surface area contributed by atoms with Crippen LogP contribution in [0.2, 0.25) is 0 Å². The number of halogens is 1. The molecule has 1 saturated carbocycles. The second-order valence-electron chi connectivity index (χ2n) is 17.6. The van der Waals surface area contributed by atoms with Crippen molar-refractivity contribution in [2.24, 2.45) is 5.41 Å². The first kappa shape index (κ1) is 47.4. The van der Waals surface area contributed by atoms with Gasteiger partial charge in [-0.1, -0.05) is 37.3 Å². The number of pyridine rings is 2. The molecule has 2 aliphatic carbocycles. The Labute approximate surface area is 388 Å². The summed E-state index contributed by atoms with van der Waals surface area (Å²) in [6, 6.07) is 10.2. The van der Waals surface area contributed by atoms with Crippen LogP contribution in [-0.4, -0.2) is 95.1 Å². The van der Waals surface area contributed by atoms with Gasteiger partial charge in [-0.2, -0.15) is 0 Å². The normalized spacial score (nSPS) is 18.5. The van der Waals surface area contributed by atoms with Gasteiger partial charge in [0.05, 0.1) is 66.7 Å². The lowest BCUT2D eigenvalue weighted by atomic mass is 9.81. The molecule has 6 amide bonds. The van der Waals surface area contributed by atoms with Crippen molar-refractivity contribution in [2.75, 3.05) is 33.0 Å². The number of esters is 1. The quantitative estimate of drug-likeness (QED) is 0.0251. The van der Waals surface area contributed by atoms with Gasteiger partial charge in [-0.25, -0.2) is 19.6 Å². The van der Waals surface area contributed by atoms with E-state index in [2.05, 4.69) is 37.4 Å². The highest BCUT2D eigenvalue weighted by Gasteiger charge is 2.51. The molecular formula is C47H52FN9O11. The minimum atomic E-state index is -2.03. The van der Waals surface area contributed by atoms with Crippen molar-refractivity contribution >= 4 is 52.3 Å². The fourth-order valence-electron chi connectivity index (χ4n) is 9.12. The SMILES string of the molecule is CC[C@@]1(O)C(=O)OCc2c1cc1n(c2=O)Cc2c-1nc1cc(F)c(C)c3c1c2[C@@H](NC(=O)C1(COCNC(=O)CNC(=O)[C@H](Cc2ccccc2)NC(=O)CNC(=O)CNNC(C)=O)CC1)CC3. The molecule has 2 aromatic carbocycles. The van der Waals surface area contributed by atoms with Gasteiger partial charge in [-0.3, -0.25) is 39.0 Å². The average molecular weight is 938 g/mol. The summed E-state index contributed by atoms with van der Waals surface area (Å²) in [6.07, 6.45) is 1.96. The van der Waals surface area contributed by atoms with Gasteiger partial charge in [0.25, 0.3) is 5.56 Å². The Morgan fingerprint density at radius 1 is 0.971 bits per heavy atom. The van der Waals surface area contributed by atoms with E-state index >= 15 is 4.39 Å². The van der Waals surface area contributed by atoms with Crippen LogP contribution in [0.3, 0.4) is 0 Å². The van der Waals surface area contributed by atoms with E-state index in [1.807, 2.05) is 0 Å². The van der Waals surface area contributed by atoms with Gasteiger partial charge in [0, 0.05) is 35.9 Å². The average Bonchev–Trinajstić information content (AvgIpc) is 4.03. The zero-order valence-corrected chi connectivity index (χ0v) is 37.7. The van der Waals surface area contributed by atoms with E-state index in [1.54, 1.807) is 50.2 Å². The number of nitrogens with zero attached hydrogens (tertiary/aromatic N) is 2. The second-order valence-corrected chi connectivity index (χ2v) is 17.6. The largest absolute Gasteiger partial charge is 0.458 e. The van der Waals surface area contributed by atoms with E-state index in [-0.39, 0.29) is 62.9 Å². The van der Waals surface area contributed by atoms with E-state index < -0.39 is 83.1 Å². The van der Waals surface area contributed by atoms with Gasteiger partial charge in [-0.15, -0.1) is 0 Å². The number of aliphatic hydroxyl groups is 1. The highest BCUT2D eigenvalue weighted by atomic mass is 19.1. The van der Waals surface area contributed by atoms with E-state index in [0.717, 1.165) is 16.7 Å². The summed E-state index contributed by atoms with van der Waals surface area (Å²) in [4.78, 5) is 108. The van der Waals surface area contributed by atoms with Gasteiger partial charge >= 0.3 is 5.97 Å². The molecule has 20 nitrogen and oxygen atoms in total. The van der Waals surface area contributed by atoms with Gasteiger partial charge < -0.3 is 45.7 Å². The lowest BCUT2D eigenvalue weighted by Crippen LogP contribution is -2.52. The molecule has 3 atom stereocenters. The maximum Gasteiger partial charge on any atom is 0.343 e. The first-order chi connectivity index (χ1) is 32.5. The molecule has 4 heterocycles. The summed E-state index contributed by atoms with van der Waals surface area (Å²) in [5, 5.41) is 25.4. The van der Waals surface area contributed by atoms with Crippen LogP contribution in [0, 0.1) is 18.2 Å². The molecule has 0 saturated heterocycles.